The van der Waals surface area contributed by atoms with Crippen LogP contribution in [0, 0.1) is 0 Å². The molecule has 2 nitrogen and oxygen atoms in total. The first-order valence-electron chi connectivity index (χ1n) is 11.2. The summed E-state index contributed by atoms with van der Waals surface area (Å²) in [6.07, 6.45) is 12.9. The molecule has 0 atom stereocenters. The molecule has 1 aliphatic heterocycles. The number of fused-ring (bicyclic) bond motifs is 1. The smallest absolute Gasteiger partial charge is 0.198 e. The molecule has 168 valence electrons. The van der Waals surface area contributed by atoms with E-state index in [-0.39, 0.29) is 12.4 Å². The lowest BCUT2D eigenvalue weighted by molar-refractivity contribution is -0.473. The van der Waals surface area contributed by atoms with Crippen LogP contribution in [0.1, 0.15) is 23.6 Å². The summed E-state index contributed by atoms with van der Waals surface area (Å²) in [4.78, 5) is 3.48. The Labute approximate surface area is 207 Å². The summed E-state index contributed by atoms with van der Waals surface area (Å²) >= 11 is 0. The fourth-order valence-electron chi connectivity index (χ4n) is 4.06. The van der Waals surface area contributed by atoms with Gasteiger partial charge in [0.15, 0.2) is 12.3 Å². The van der Waals surface area contributed by atoms with Crippen molar-refractivity contribution in [3.05, 3.63) is 149 Å². The van der Waals surface area contributed by atoms with Gasteiger partial charge in [-0.2, -0.15) is 0 Å². The minimum absolute atomic E-state index is 0. The van der Waals surface area contributed by atoms with Gasteiger partial charge in [-0.1, -0.05) is 91.0 Å². The third-order valence-electron chi connectivity index (χ3n) is 5.86. The first-order valence-corrected chi connectivity index (χ1v) is 11.2. The van der Waals surface area contributed by atoms with Gasteiger partial charge in [0.1, 0.15) is 11.5 Å². The van der Waals surface area contributed by atoms with Gasteiger partial charge in [0.2, 0.25) is 0 Å². The second kappa shape index (κ2) is 10.8. The molecular weight excluding hydrogens is 438 g/mol. The fraction of sp³-hybridized carbons (Fsp3) is 0.0645. The zero-order valence-electron chi connectivity index (χ0n) is 19.0. The van der Waals surface area contributed by atoms with Gasteiger partial charge in [-0.25, -0.2) is 4.99 Å². The van der Waals surface area contributed by atoms with E-state index in [0.717, 1.165) is 46.0 Å². The molecule has 0 unspecified atom stereocenters. The van der Waals surface area contributed by atoms with Gasteiger partial charge in [0, 0.05) is 34.4 Å². The van der Waals surface area contributed by atoms with E-state index < -0.39 is 0 Å². The molecule has 1 heterocycles. The Morgan fingerprint density at radius 1 is 0.735 bits per heavy atom. The van der Waals surface area contributed by atoms with Crippen LogP contribution in [0.4, 0.5) is 0 Å². The summed E-state index contributed by atoms with van der Waals surface area (Å²) in [7, 11) is 0. The number of hydrogen-bond donors (Lipinski definition) is 1. The maximum absolute atomic E-state index is 6.31. The van der Waals surface area contributed by atoms with Crippen molar-refractivity contribution in [2.24, 2.45) is 0 Å². The summed E-state index contributed by atoms with van der Waals surface area (Å²) in [5, 5.41) is 0. The van der Waals surface area contributed by atoms with Crippen LogP contribution in [0.25, 0.3) is 11.3 Å². The van der Waals surface area contributed by atoms with E-state index in [1.165, 1.54) is 11.1 Å². The third kappa shape index (κ3) is 5.19. The quantitative estimate of drug-likeness (QED) is 0.631. The average molecular weight is 464 g/mol. The predicted octanol–water partition coefficient (Wildman–Crippen LogP) is 2.67. The molecule has 1 aliphatic carbocycles. The Balaban J connectivity index is 0.00000274. The second-order valence-electron chi connectivity index (χ2n) is 8.13. The topological polar surface area (TPSA) is 23.2 Å². The van der Waals surface area contributed by atoms with Gasteiger partial charge in [-0.05, 0) is 36.3 Å². The molecule has 0 amide bonds. The Kier molecular flexibility index (Phi) is 7.41. The largest absolute Gasteiger partial charge is 1.00 e. The van der Waals surface area contributed by atoms with E-state index in [1.807, 2.05) is 36.4 Å². The minimum Gasteiger partial charge on any atom is -1.00 e. The molecule has 3 aromatic rings. The summed E-state index contributed by atoms with van der Waals surface area (Å²) in [5.41, 5.74) is 8.07. The molecule has 3 heteroatoms. The summed E-state index contributed by atoms with van der Waals surface area (Å²) in [6.45, 7) is 2.95. The molecule has 2 aliphatic rings. The highest BCUT2D eigenvalue weighted by molar-refractivity contribution is 6.01. The van der Waals surface area contributed by atoms with Gasteiger partial charge >= 0.3 is 0 Å². The number of rotatable bonds is 4. The first kappa shape index (κ1) is 23.3. The zero-order valence-corrected chi connectivity index (χ0v) is 19.8. The number of para-hydroxylation sites is 1. The Morgan fingerprint density at radius 3 is 2.12 bits per heavy atom. The monoisotopic (exact) mass is 463 g/mol. The molecule has 0 saturated heterocycles. The Hall–Kier alpha value is -3.88. The van der Waals surface area contributed by atoms with Crippen LogP contribution in [-0.2, 0) is 6.54 Å². The van der Waals surface area contributed by atoms with Gasteiger partial charge < -0.3 is 17.1 Å². The molecule has 3 aromatic carbocycles. The fourth-order valence-corrected chi connectivity index (χ4v) is 4.06. The van der Waals surface area contributed by atoms with E-state index in [4.69, 9.17) is 4.74 Å². The lowest BCUT2D eigenvalue weighted by Crippen LogP contribution is -3.00. The van der Waals surface area contributed by atoms with Crippen molar-refractivity contribution in [2.45, 2.75) is 13.5 Å². The van der Waals surface area contributed by atoms with E-state index >= 15 is 0 Å². The number of allylic oxidation sites excluding steroid dienone is 9. The summed E-state index contributed by atoms with van der Waals surface area (Å²) in [5.74, 6) is 1.80. The van der Waals surface area contributed by atoms with Crippen molar-refractivity contribution < 1.29 is 22.1 Å². The predicted molar refractivity (Wildman–Crippen MR) is 137 cm³/mol. The van der Waals surface area contributed by atoms with Crippen molar-refractivity contribution in [3.8, 4) is 5.75 Å². The SMILES string of the molecule is CC1=C(c2ccccc2)Oc2ccccc2C1=CC=C1C=CC(=[NH+]Cc2ccccc2)C=C1.[Cl-]. The van der Waals surface area contributed by atoms with Crippen molar-refractivity contribution >= 4 is 17.0 Å². The van der Waals surface area contributed by atoms with Crippen LogP contribution in [0.3, 0.4) is 0 Å². The van der Waals surface area contributed by atoms with Gasteiger partial charge in [-0.3, -0.25) is 0 Å². The van der Waals surface area contributed by atoms with Crippen LogP contribution in [0.2, 0.25) is 0 Å². The maximum Gasteiger partial charge on any atom is 0.198 e. The number of hydrogen-bond acceptors (Lipinski definition) is 1. The first-order chi connectivity index (χ1) is 16.3. The lowest BCUT2D eigenvalue weighted by Gasteiger charge is -2.24. The van der Waals surface area contributed by atoms with Crippen molar-refractivity contribution in [1.29, 1.82) is 0 Å². The molecule has 0 aromatic heterocycles. The molecule has 0 bridgehead atoms. The normalized spacial score (nSPS) is 15.5. The lowest BCUT2D eigenvalue weighted by atomic mass is 9.92. The van der Waals surface area contributed by atoms with Crippen LogP contribution in [-0.4, -0.2) is 5.71 Å². The molecule has 5 rings (SSSR count). The number of benzene rings is 3. The van der Waals surface area contributed by atoms with Crippen LogP contribution in [0.15, 0.2) is 133 Å². The highest BCUT2D eigenvalue weighted by Crippen LogP contribution is 2.41. The second-order valence-corrected chi connectivity index (χ2v) is 8.13. The van der Waals surface area contributed by atoms with Gasteiger partial charge in [0.05, 0.1) is 0 Å². The standard InChI is InChI=1S/C31H25NO.ClH/c1-23-28(29-14-8-9-15-30(29)33-31(23)26-12-6-3-7-13-26)21-18-24-16-19-27(20-17-24)32-22-25-10-4-2-5-11-25;/h2-21H,22H2,1H3;1H. The third-order valence-corrected chi connectivity index (χ3v) is 5.86. The highest BCUT2D eigenvalue weighted by Gasteiger charge is 2.22. The van der Waals surface area contributed by atoms with Gasteiger partial charge in [-0.15, -0.1) is 0 Å². The maximum atomic E-state index is 6.31. The number of halogens is 1. The molecule has 0 spiro atoms. The van der Waals surface area contributed by atoms with Crippen molar-refractivity contribution in [2.75, 3.05) is 0 Å². The number of nitrogens with one attached hydrogen (secondary N) is 1. The molecule has 34 heavy (non-hydrogen) atoms. The molecular formula is C31H26ClNO. The minimum atomic E-state index is 0. The molecule has 0 saturated carbocycles. The Bertz CT molecular complexity index is 1320. The highest BCUT2D eigenvalue weighted by atomic mass is 35.5. The van der Waals surface area contributed by atoms with E-state index in [9.17, 15) is 0 Å². The average Bonchev–Trinajstić information content (AvgIpc) is 2.88. The van der Waals surface area contributed by atoms with E-state index in [2.05, 4.69) is 96.9 Å². The summed E-state index contributed by atoms with van der Waals surface area (Å²) < 4.78 is 6.31. The molecule has 1 N–H and O–H groups in total. The van der Waals surface area contributed by atoms with Crippen LogP contribution >= 0.6 is 0 Å². The van der Waals surface area contributed by atoms with Crippen LogP contribution in [0.5, 0.6) is 5.75 Å². The molecule has 0 radical (unpaired) electrons. The molecule has 0 fully saturated rings. The Morgan fingerprint density at radius 2 is 1.38 bits per heavy atom. The number of ether oxygens (including phenoxy) is 1. The van der Waals surface area contributed by atoms with Crippen molar-refractivity contribution in [1.82, 2.24) is 0 Å². The van der Waals surface area contributed by atoms with Crippen LogP contribution < -0.4 is 22.1 Å². The van der Waals surface area contributed by atoms with E-state index in [1.54, 1.807) is 0 Å². The van der Waals surface area contributed by atoms with Gasteiger partial charge in [0.25, 0.3) is 0 Å². The van der Waals surface area contributed by atoms with Crippen molar-refractivity contribution in [3.63, 3.8) is 0 Å². The summed E-state index contributed by atoms with van der Waals surface area (Å²) in [6, 6.07) is 29.0. The zero-order chi connectivity index (χ0) is 22.5. The van der Waals surface area contributed by atoms with E-state index in [0.29, 0.717) is 0 Å².